The predicted octanol–water partition coefficient (Wildman–Crippen LogP) is 1.50. The number of carbonyl (C=O) groups excluding carboxylic acids is 1. The topological polar surface area (TPSA) is 76.4 Å². The van der Waals surface area contributed by atoms with Crippen molar-refractivity contribution in [3.8, 4) is 0 Å². The van der Waals surface area contributed by atoms with E-state index < -0.39 is 0 Å². The molecule has 2 aliphatic rings. The van der Waals surface area contributed by atoms with Gasteiger partial charge in [0.2, 0.25) is 5.95 Å². The Balaban J connectivity index is 1.61. The van der Waals surface area contributed by atoms with Crippen molar-refractivity contribution in [1.82, 2.24) is 24.6 Å². The summed E-state index contributed by atoms with van der Waals surface area (Å²) >= 11 is 0. The molecule has 0 radical (unpaired) electrons. The Kier molecular flexibility index (Phi) is 4.38. The summed E-state index contributed by atoms with van der Waals surface area (Å²) in [6.07, 6.45) is 3.32. The van der Waals surface area contributed by atoms with Gasteiger partial charge in [-0.05, 0) is 13.8 Å². The van der Waals surface area contributed by atoms with E-state index in [4.69, 9.17) is 4.74 Å². The summed E-state index contributed by atoms with van der Waals surface area (Å²) in [5.74, 6) is 0.686. The second-order valence-electron chi connectivity index (χ2n) is 7.64. The number of nitrogens with zero attached hydrogens (tertiary/aromatic N) is 6. The van der Waals surface area contributed by atoms with E-state index in [1.165, 1.54) is 0 Å². The van der Waals surface area contributed by atoms with Gasteiger partial charge in [-0.2, -0.15) is 5.10 Å². The van der Waals surface area contributed by atoms with E-state index in [0.29, 0.717) is 31.2 Å². The zero-order valence-electron chi connectivity index (χ0n) is 16.6. The molecule has 144 valence electrons. The molecule has 2 aliphatic heterocycles. The summed E-state index contributed by atoms with van der Waals surface area (Å²) in [5.41, 5.74) is 4.63. The maximum absolute atomic E-state index is 13.2. The lowest BCUT2D eigenvalue weighted by molar-refractivity contribution is -0.00907. The van der Waals surface area contributed by atoms with Gasteiger partial charge in [-0.3, -0.25) is 9.48 Å². The number of rotatable bonds is 2. The summed E-state index contributed by atoms with van der Waals surface area (Å²) in [4.78, 5) is 26.0. The summed E-state index contributed by atoms with van der Waals surface area (Å²) in [6.45, 7) is 5.22. The molecule has 2 aromatic rings. The van der Waals surface area contributed by atoms with Crippen LogP contribution in [0.2, 0.25) is 0 Å². The second-order valence-corrected chi connectivity index (χ2v) is 7.64. The van der Waals surface area contributed by atoms with Crippen LogP contribution < -0.4 is 4.90 Å². The smallest absolute Gasteiger partial charge is 0.274 e. The van der Waals surface area contributed by atoms with Crippen LogP contribution in [0, 0.1) is 0 Å². The van der Waals surface area contributed by atoms with E-state index in [1.54, 1.807) is 4.68 Å². The third-order valence-corrected chi connectivity index (χ3v) is 5.32. The summed E-state index contributed by atoms with van der Waals surface area (Å²) < 4.78 is 7.70. The molecule has 8 nitrogen and oxygen atoms in total. The van der Waals surface area contributed by atoms with E-state index in [2.05, 4.69) is 15.1 Å². The van der Waals surface area contributed by atoms with Gasteiger partial charge in [-0.25, -0.2) is 9.97 Å². The second kappa shape index (κ2) is 6.60. The van der Waals surface area contributed by atoms with Crippen LogP contribution >= 0.6 is 0 Å². The van der Waals surface area contributed by atoms with Crippen LogP contribution in [-0.4, -0.2) is 57.3 Å². The molecule has 0 N–H and O–H groups in total. The van der Waals surface area contributed by atoms with Gasteiger partial charge in [0.05, 0.1) is 23.6 Å². The van der Waals surface area contributed by atoms with Crippen LogP contribution in [-0.2, 0) is 31.2 Å². The van der Waals surface area contributed by atoms with E-state index in [1.807, 2.05) is 51.0 Å². The third kappa shape index (κ3) is 3.07. The fourth-order valence-electron chi connectivity index (χ4n) is 4.06. The van der Waals surface area contributed by atoms with Crippen molar-refractivity contribution in [2.45, 2.75) is 45.4 Å². The average molecular weight is 370 g/mol. The van der Waals surface area contributed by atoms with Gasteiger partial charge in [0.25, 0.3) is 5.91 Å². The van der Waals surface area contributed by atoms with Crippen LogP contribution in [0.3, 0.4) is 0 Å². The molecule has 4 heterocycles. The first kappa shape index (κ1) is 17.9. The Labute approximate surface area is 159 Å². The zero-order valence-corrected chi connectivity index (χ0v) is 16.6. The SMILES string of the molecule is C[C@@H]1Cc2c(C(=O)N3CCc4nc(N(C)C)ncc4C3)nn(C)c2[C@H](C)O1. The maximum Gasteiger partial charge on any atom is 0.274 e. The summed E-state index contributed by atoms with van der Waals surface area (Å²) in [5, 5.41) is 4.55. The Hall–Kier alpha value is -2.48. The predicted molar refractivity (Wildman–Crippen MR) is 101 cm³/mol. The number of hydrogen-bond donors (Lipinski definition) is 0. The molecule has 1 amide bonds. The average Bonchev–Trinajstić information content (AvgIpc) is 2.96. The minimum absolute atomic E-state index is 0.0181. The Morgan fingerprint density at radius 2 is 2.11 bits per heavy atom. The van der Waals surface area contributed by atoms with Gasteiger partial charge in [0.1, 0.15) is 0 Å². The number of amides is 1. The number of aryl methyl sites for hydroxylation is 1. The lowest BCUT2D eigenvalue weighted by Gasteiger charge is -2.29. The standard InChI is InChI=1S/C19H26N6O2/c1-11-8-14-16(22-24(5)17(14)12(2)27-11)18(26)25-7-6-15-13(10-25)9-20-19(21-15)23(3)4/h9,11-12H,6-8,10H2,1-5H3/t11-,12+/m1/s1. The molecule has 0 saturated heterocycles. The van der Waals surface area contributed by atoms with Crippen molar-refractivity contribution in [3.05, 3.63) is 34.4 Å². The molecule has 0 aliphatic carbocycles. The van der Waals surface area contributed by atoms with Crippen molar-refractivity contribution in [2.75, 3.05) is 25.5 Å². The van der Waals surface area contributed by atoms with E-state index in [-0.39, 0.29) is 18.1 Å². The lowest BCUT2D eigenvalue weighted by Crippen LogP contribution is -2.37. The zero-order chi connectivity index (χ0) is 19.3. The van der Waals surface area contributed by atoms with Crippen molar-refractivity contribution in [1.29, 1.82) is 0 Å². The van der Waals surface area contributed by atoms with Crippen molar-refractivity contribution in [2.24, 2.45) is 7.05 Å². The number of anilines is 1. The highest BCUT2D eigenvalue weighted by atomic mass is 16.5. The van der Waals surface area contributed by atoms with E-state index in [0.717, 1.165) is 28.9 Å². The molecule has 8 heteroatoms. The summed E-state index contributed by atoms with van der Waals surface area (Å²) in [6, 6.07) is 0. The summed E-state index contributed by atoms with van der Waals surface area (Å²) in [7, 11) is 5.74. The molecule has 2 aromatic heterocycles. The highest BCUT2D eigenvalue weighted by Gasteiger charge is 2.34. The lowest BCUT2D eigenvalue weighted by atomic mass is 9.98. The minimum atomic E-state index is -0.0530. The Bertz CT molecular complexity index is 891. The number of fused-ring (bicyclic) bond motifs is 2. The molecule has 0 saturated carbocycles. The first-order valence-corrected chi connectivity index (χ1v) is 9.37. The molecule has 27 heavy (non-hydrogen) atoms. The van der Waals surface area contributed by atoms with Crippen LogP contribution in [0.5, 0.6) is 0 Å². The van der Waals surface area contributed by atoms with Crippen LogP contribution in [0.25, 0.3) is 0 Å². The van der Waals surface area contributed by atoms with Crippen LogP contribution in [0.4, 0.5) is 5.95 Å². The monoisotopic (exact) mass is 370 g/mol. The molecule has 0 aromatic carbocycles. The molecule has 0 bridgehead atoms. The maximum atomic E-state index is 13.2. The molecule has 2 atom stereocenters. The Morgan fingerprint density at radius 1 is 1.33 bits per heavy atom. The molecule has 4 rings (SSSR count). The molecule has 0 unspecified atom stereocenters. The minimum Gasteiger partial charge on any atom is -0.369 e. The fourth-order valence-corrected chi connectivity index (χ4v) is 4.06. The van der Waals surface area contributed by atoms with Gasteiger partial charge < -0.3 is 14.5 Å². The largest absolute Gasteiger partial charge is 0.369 e. The fraction of sp³-hybridized carbons (Fsp3) is 0.579. The van der Waals surface area contributed by atoms with Gasteiger partial charge in [0.15, 0.2) is 5.69 Å². The molecule has 0 fully saturated rings. The normalized spacial score (nSPS) is 21.6. The van der Waals surface area contributed by atoms with Crippen molar-refractivity contribution >= 4 is 11.9 Å². The van der Waals surface area contributed by atoms with Gasteiger partial charge >= 0.3 is 0 Å². The quantitative estimate of drug-likeness (QED) is 0.797. The van der Waals surface area contributed by atoms with E-state index >= 15 is 0 Å². The number of aromatic nitrogens is 4. The molecular formula is C19H26N6O2. The number of hydrogen-bond acceptors (Lipinski definition) is 6. The number of carbonyl (C=O) groups is 1. The highest BCUT2D eigenvalue weighted by Crippen LogP contribution is 2.32. The van der Waals surface area contributed by atoms with Crippen molar-refractivity contribution < 1.29 is 9.53 Å². The van der Waals surface area contributed by atoms with Gasteiger partial charge in [0, 0.05) is 64.4 Å². The Morgan fingerprint density at radius 3 is 2.85 bits per heavy atom. The first-order valence-electron chi connectivity index (χ1n) is 9.37. The van der Waals surface area contributed by atoms with Crippen LogP contribution in [0.15, 0.2) is 6.20 Å². The van der Waals surface area contributed by atoms with E-state index in [9.17, 15) is 4.79 Å². The van der Waals surface area contributed by atoms with Gasteiger partial charge in [-0.15, -0.1) is 0 Å². The molecule has 0 spiro atoms. The number of ether oxygens (including phenoxy) is 1. The van der Waals surface area contributed by atoms with Gasteiger partial charge in [-0.1, -0.05) is 0 Å². The highest BCUT2D eigenvalue weighted by molar-refractivity contribution is 5.94. The van der Waals surface area contributed by atoms with Crippen LogP contribution in [0.1, 0.15) is 53.0 Å². The first-order chi connectivity index (χ1) is 12.8. The third-order valence-electron chi connectivity index (χ3n) is 5.32. The molecular weight excluding hydrogens is 344 g/mol. The van der Waals surface area contributed by atoms with Crippen molar-refractivity contribution in [3.63, 3.8) is 0 Å².